The Bertz CT molecular complexity index is 944. The largest absolute Gasteiger partial charge is 0.410 e. The normalized spacial score (nSPS) is 23.7. The Kier molecular flexibility index (Phi) is 5.87. The van der Waals surface area contributed by atoms with Gasteiger partial charge < -0.3 is 15.4 Å². The average Bonchev–Trinajstić information content (AvgIpc) is 3.36. The Labute approximate surface area is 180 Å². The van der Waals surface area contributed by atoms with Crippen molar-refractivity contribution in [2.24, 2.45) is 0 Å². The lowest BCUT2D eigenvalue weighted by Crippen LogP contribution is -2.36. The Morgan fingerprint density at radius 3 is 2.77 bits per heavy atom. The highest BCUT2D eigenvalue weighted by Crippen LogP contribution is 2.44. The molecule has 0 saturated carbocycles. The fourth-order valence-electron chi connectivity index (χ4n) is 3.73. The van der Waals surface area contributed by atoms with Crippen LogP contribution in [-0.4, -0.2) is 41.1 Å². The lowest BCUT2D eigenvalue weighted by Gasteiger charge is -2.33. The van der Waals surface area contributed by atoms with Gasteiger partial charge in [-0.2, -0.15) is 18.3 Å². The number of hydrogen-bond donors (Lipinski definition) is 2. The average molecular weight is 463 g/mol. The van der Waals surface area contributed by atoms with Gasteiger partial charge in [-0.25, -0.2) is 4.68 Å². The van der Waals surface area contributed by atoms with Crippen LogP contribution >= 0.6 is 23.2 Å². The first-order valence-electron chi connectivity index (χ1n) is 9.50. The standard InChI is InChI=1S/C19H19Cl2F3N4O2/c20-12-4-3-10(6-13(12)21)14-7-16(19(22,23)24)28-17(26-14)8-15(27-28)18(29)25-9-11-2-1-5-30-11/h3-4,6,8,11,14,16,26H,1-2,5,7,9H2,(H,25,29)/t11-,14-,16+/m0/s1. The zero-order valence-electron chi connectivity index (χ0n) is 15.7. The first-order chi connectivity index (χ1) is 14.2. The number of nitrogens with one attached hydrogen (secondary N) is 2. The van der Waals surface area contributed by atoms with E-state index in [0.29, 0.717) is 23.7 Å². The van der Waals surface area contributed by atoms with Crippen LogP contribution in [0.15, 0.2) is 24.3 Å². The van der Waals surface area contributed by atoms with Crippen molar-refractivity contribution in [2.75, 3.05) is 18.5 Å². The number of amides is 1. The maximum atomic E-state index is 13.8. The number of carbonyl (C=O) groups excluding carboxylic acids is 1. The minimum Gasteiger partial charge on any atom is -0.376 e. The SMILES string of the molecule is O=C(NC[C@@H]1CCCO1)c1cc2n(n1)[C@@H](C(F)(F)F)C[C@@H](c1ccc(Cl)c(Cl)c1)N2. The molecule has 2 aliphatic heterocycles. The summed E-state index contributed by atoms with van der Waals surface area (Å²) in [5.74, 6) is -0.428. The molecule has 1 fully saturated rings. The van der Waals surface area contributed by atoms with Crippen molar-refractivity contribution in [1.29, 1.82) is 0 Å². The van der Waals surface area contributed by atoms with Crippen molar-refractivity contribution in [3.63, 3.8) is 0 Å². The third-order valence-corrected chi connectivity index (χ3v) is 6.02. The van der Waals surface area contributed by atoms with Crippen molar-refractivity contribution in [1.82, 2.24) is 15.1 Å². The summed E-state index contributed by atoms with van der Waals surface area (Å²) in [6.45, 7) is 0.940. The van der Waals surface area contributed by atoms with Gasteiger partial charge in [0.2, 0.25) is 0 Å². The van der Waals surface area contributed by atoms with E-state index in [1.807, 2.05) is 0 Å². The molecule has 0 aliphatic carbocycles. The third-order valence-electron chi connectivity index (χ3n) is 5.28. The van der Waals surface area contributed by atoms with E-state index in [2.05, 4.69) is 15.7 Å². The van der Waals surface area contributed by atoms with Crippen LogP contribution < -0.4 is 10.6 Å². The van der Waals surface area contributed by atoms with Crippen molar-refractivity contribution >= 4 is 34.9 Å². The van der Waals surface area contributed by atoms with E-state index in [4.69, 9.17) is 27.9 Å². The number of hydrogen-bond acceptors (Lipinski definition) is 4. The number of alkyl halides is 3. The minimum atomic E-state index is -4.54. The predicted molar refractivity (Wildman–Crippen MR) is 106 cm³/mol. The highest BCUT2D eigenvalue weighted by Gasteiger charge is 2.46. The Balaban J connectivity index is 1.58. The van der Waals surface area contributed by atoms with Gasteiger partial charge in [0.05, 0.1) is 22.2 Å². The number of nitrogens with zero attached hydrogens (tertiary/aromatic N) is 2. The van der Waals surface area contributed by atoms with Crippen LogP contribution in [-0.2, 0) is 4.74 Å². The molecule has 0 radical (unpaired) electrons. The molecule has 4 rings (SSSR count). The van der Waals surface area contributed by atoms with E-state index in [1.165, 1.54) is 12.1 Å². The highest BCUT2D eigenvalue weighted by molar-refractivity contribution is 6.42. The van der Waals surface area contributed by atoms with E-state index < -0.39 is 24.2 Å². The van der Waals surface area contributed by atoms with E-state index in [1.54, 1.807) is 12.1 Å². The number of fused-ring (bicyclic) bond motifs is 1. The van der Waals surface area contributed by atoms with Crippen LogP contribution in [0.2, 0.25) is 10.0 Å². The second kappa shape index (κ2) is 8.28. The summed E-state index contributed by atoms with van der Waals surface area (Å²) >= 11 is 11.9. The van der Waals surface area contributed by atoms with Gasteiger partial charge in [0.15, 0.2) is 11.7 Å². The molecule has 1 aromatic carbocycles. The fourth-order valence-corrected chi connectivity index (χ4v) is 4.04. The van der Waals surface area contributed by atoms with Gasteiger partial charge in [-0.1, -0.05) is 29.3 Å². The minimum absolute atomic E-state index is 0.0775. The van der Waals surface area contributed by atoms with Crippen LogP contribution in [0.5, 0.6) is 0 Å². The van der Waals surface area contributed by atoms with Crippen LogP contribution in [0.25, 0.3) is 0 Å². The molecule has 0 bridgehead atoms. The van der Waals surface area contributed by atoms with E-state index in [9.17, 15) is 18.0 Å². The van der Waals surface area contributed by atoms with Crippen LogP contribution in [0.4, 0.5) is 19.0 Å². The third kappa shape index (κ3) is 4.38. The van der Waals surface area contributed by atoms with Gasteiger partial charge in [-0.3, -0.25) is 4.79 Å². The predicted octanol–water partition coefficient (Wildman–Crippen LogP) is 4.76. The molecule has 3 atom stereocenters. The lowest BCUT2D eigenvalue weighted by molar-refractivity contribution is -0.173. The van der Waals surface area contributed by atoms with E-state index >= 15 is 0 Å². The van der Waals surface area contributed by atoms with Crippen LogP contribution in [0.1, 0.15) is 47.4 Å². The first-order valence-corrected chi connectivity index (χ1v) is 10.3. The van der Waals surface area contributed by atoms with Gasteiger partial charge in [0.1, 0.15) is 5.82 Å². The number of anilines is 1. The molecule has 1 amide bonds. The molecule has 3 heterocycles. The van der Waals surface area contributed by atoms with Gasteiger partial charge in [0, 0.05) is 25.6 Å². The summed E-state index contributed by atoms with van der Waals surface area (Å²) < 4.78 is 47.6. The molecule has 1 aromatic heterocycles. The molecule has 30 heavy (non-hydrogen) atoms. The summed E-state index contributed by atoms with van der Waals surface area (Å²) in [6.07, 6.45) is -3.16. The van der Waals surface area contributed by atoms with Gasteiger partial charge >= 0.3 is 6.18 Å². The monoisotopic (exact) mass is 462 g/mol. The number of ether oxygens (including phenoxy) is 1. The molecule has 2 aliphatic rings. The van der Waals surface area contributed by atoms with Gasteiger partial charge in [0.25, 0.3) is 5.91 Å². The molecule has 162 valence electrons. The van der Waals surface area contributed by atoms with Gasteiger partial charge in [-0.05, 0) is 30.5 Å². The molecule has 6 nitrogen and oxygen atoms in total. The summed E-state index contributed by atoms with van der Waals surface area (Å²) in [6, 6.07) is 3.48. The molecule has 1 saturated heterocycles. The Hall–Kier alpha value is -1.97. The van der Waals surface area contributed by atoms with E-state index in [0.717, 1.165) is 17.5 Å². The Morgan fingerprint density at radius 2 is 2.10 bits per heavy atom. The highest BCUT2D eigenvalue weighted by atomic mass is 35.5. The quantitative estimate of drug-likeness (QED) is 0.687. The number of halogens is 5. The number of rotatable bonds is 4. The first kappa shape index (κ1) is 21.3. The van der Waals surface area contributed by atoms with Crippen molar-refractivity contribution in [3.8, 4) is 0 Å². The Morgan fingerprint density at radius 1 is 1.30 bits per heavy atom. The van der Waals surface area contributed by atoms with Crippen LogP contribution in [0.3, 0.4) is 0 Å². The maximum absolute atomic E-state index is 13.8. The molecule has 0 unspecified atom stereocenters. The van der Waals surface area contributed by atoms with Crippen molar-refractivity contribution in [2.45, 2.75) is 43.6 Å². The lowest BCUT2D eigenvalue weighted by atomic mass is 9.97. The fraction of sp³-hybridized carbons (Fsp3) is 0.474. The van der Waals surface area contributed by atoms with Crippen LogP contribution in [0, 0.1) is 0 Å². The molecular formula is C19H19Cl2F3N4O2. The molecule has 11 heteroatoms. The zero-order valence-corrected chi connectivity index (χ0v) is 17.2. The molecule has 2 N–H and O–H groups in total. The number of aromatic nitrogens is 2. The van der Waals surface area contributed by atoms with Crippen molar-refractivity contribution in [3.05, 3.63) is 45.6 Å². The van der Waals surface area contributed by atoms with Gasteiger partial charge in [-0.15, -0.1) is 0 Å². The molecule has 2 aromatic rings. The smallest absolute Gasteiger partial charge is 0.376 e. The number of carbonyl (C=O) groups is 1. The summed E-state index contributed by atoms with van der Waals surface area (Å²) in [4.78, 5) is 12.4. The summed E-state index contributed by atoms with van der Waals surface area (Å²) in [7, 11) is 0. The summed E-state index contributed by atoms with van der Waals surface area (Å²) in [5, 5.41) is 10.2. The van der Waals surface area contributed by atoms with Crippen molar-refractivity contribution < 1.29 is 22.7 Å². The number of benzene rings is 1. The zero-order chi connectivity index (χ0) is 21.5. The molecule has 0 spiro atoms. The maximum Gasteiger partial charge on any atom is 0.410 e. The van der Waals surface area contributed by atoms with E-state index in [-0.39, 0.29) is 29.1 Å². The second-order valence-electron chi connectivity index (χ2n) is 7.37. The molecular weight excluding hydrogens is 444 g/mol. The second-order valence-corrected chi connectivity index (χ2v) is 8.18. The topological polar surface area (TPSA) is 68.2 Å². The summed E-state index contributed by atoms with van der Waals surface area (Å²) in [5.41, 5.74) is 0.481.